The molecule has 3 atom stereocenters. The molecule has 8 heteroatoms. The summed E-state index contributed by atoms with van der Waals surface area (Å²) in [6.07, 6.45) is 15.7. The van der Waals surface area contributed by atoms with E-state index in [1.807, 2.05) is 27.7 Å². The van der Waals surface area contributed by atoms with Crippen molar-refractivity contribution in [3.05, 3.63) is 59.9 Å². The molecule has 0 fully saturated rings. The number of allylic oxidation sites excluding steroid dienone is 7. The van der Waals surface area contributed by atoms with Crippen molar-refractivity contribution in [2.45, 2.75) is 84.9 Å². The average molecular weight is 547 g/mol. The van der Waals surface area contributed by atoms with E-state index in [1.165, 1.54) is 11.6 Å². The zero-order valence-corrected chi connectivity index (χ0v) is 24.9. The topological polar surface area (TPSA) is 105 Å². The molecule has 0 spiro atoms. The van der Waals surface area contributed by atoms with Crippen LogP contribution >= 0.6 is 9.24 Å². The molecule has 1 aliphatic rings. The number of aliphatic carboxylic acids is 1. The van der Waals surface area contributed by atoms with Crippen molar-refractivity contribution in [1.82, 2.24) is 10.6 Å². The summed E-state index contributed by atoms with van der Waals surface area (Å²) in [7, 11) is 2.86. The van der Waals surface area contributed by atoms with E-state index in [0.717, 1.165) is 31.3 Å². The van der Waals surface area contributed by atoms with E-state index in [0.29, 0.717) is 24.3 Å². The van der Waals surface area contributed by atoms with Crippen LogP contribution in [0.2, 0.25) is 0 Å². The van der Waals surface area contributed by atoms with Gasteiger partial charge in [0.2, 0.25) is 11.8 Å². The standard InChI is InChI=1S/C30H47N2O5P/c1-7-26(37-24(29(35)36)17-21(2)3)30(5,6)20-32-28(34)19-31-27(33)16-12-11-13-22(4)25(38)18-23-14-9-8-10-15-23/h7,9,12,14-16,21,24-25H,4,8,10-11,13,17-20,38H2,1-3,5-6H3,(H,31,33)(H,32,34)(H,35,36)/b16-12+,26-7-. The zero-order valence-electron chi connectivity index (χ0n) is 23.7. The number of nitrogens with one attached hydrogen (secondary N) is 2. The maximum absolute atomic E-state index is 12.3. The molecule has 1 rings (SSSR count). The van der Waals surface area contributed by atoms with E-state index in [-0.39, 0.29) is 30.8 Å². The molecule has 38 heavy (non-hydrogen) atoms. The molecule has 212 valence electrons. The minimum absolute atomic E-state index is 0.153. The van der Waals surface area contributed by atoms with Gasteiger partial charge in [0, 0.05) is 12.0 Å². The van der Waals surface area contributed by atoms with Crippen LogP contribution in [0, 0.1) is 11.3 Å². The molecule has 1 aliphatic carbocycles. The van der Waals surface area contributed by atoms with E-state index >= 15 is 0 Å². The molecule has 2 amide bonds. The Morgan fingerprint density at radius 3 is 2.53 bits per heavy atom. The van der Waals surface area contributed by atoms with Crippen molar-refractivity contribution < 1.29 is 24.2 Å². The van der Waals surface area contributed by atoms with Gasteiger partial charge in [0.15, 0.2) is 6.10 Å². The summed E-state index contributed by atoms with van der Waals surface area (Å²) >= 11 is 0. The van der Waals surface area contributed by atoms with Crippen LogP contribution in [-0.2, 0) is 19.1 Å². The van der Waals surface area contributed by atoms with Crippen molar-refractivity contribution in [3.8, 4) is 0 Å². The summed E-state index contributed by atoms with van der Waals surface area (Å²) in [6.45, 7) is 13.7. The van der Waals surface area contributed by atoms with Gasteiger partial charge in [0.25, 0.3) is 0 Å². The number of hydrogen-bond acceptors (Lipinski definition) is 4. The Kier molecular flexibility index (Phi) is 15.0. The third kappa shape index (κ3) is 13.2. The molecule has 0 aromatic rings. The predicted molar refractivity (Wildman–Crippen MR) is 158 cm³/mol. The van der Waals surface area contributed by atoms with E-state index in [4.69, 9.17) is 4.74 Å². The minimum Gasteiger partial charge on any atom is -0.483 e. The Balaban J connectivity index is 2.40. The highest BCUT2D eigenvalue weighted by molar-refractivity contribution is 7.18. The van der Waals surface area contributed by atoms with Crippen LogP contribution in [-0.4, -0.2) is 47.7 Å². The Morgan fingerprint density at radius 1 is 1.24 bits per heavy atom. The van der Waals surface area contributed by atoms with Gasteiger partial charge in [-0.15, -0.1) is 9.24 Å². The second-order valence-electron chi connectivity index (χ2n) is 10.8. The van der Waals surface area contributed by atoms with Crippen LogP contribution in [0.4, 0.5) is 0 Å². The number of carbonyl (C=O) groups excluding carboxylic acids is 2. The number of carboxylic acid groups (broad SMARTS) is 1. The minimum atomic E-state index is -1.01. The first-order valence-electron chi connectivity index (χ1n) is 13.4. The SMILES string of the molecule is C=C(CC/C=C/C(=O)NCC(=O)NCC(C)(C)/C(=C/C)OC(CC(C)C)C(=O)O)C(P)CC1=CCCC=C1. The second kappa shape index (κ2) is 17.0. The molecule has 0 saturated carbocycles. The number of carbonyl (C=O) groups is 3. The van der Waals surface area contributed by atoms with E-state index in [1.54, 1.807) is 19.1 Å². The Bertz CT molecular complexity index is 946. The van der Waals surface area contributed by atoms with Gasteiger partial charge in [0.1, 0.15) is 5.76 Å². The molecule has 0 saturated heterocycles. The number of hydrogen-bond donors (Lipinski definition) is 3. The molecule has 3 N–H and O–H groups in total. The Labute approximate surface area is 231 Å². The summed E-state index contributed by atoms with van der Waals surface area (Å²) in [5.74, 6) is -1.02. The van der Waals surface area contributed by atoms with E-state index in [9.17, 15) is 19.5 Å². The molecule has 3 unspecified atom stereocenters. The molecule has 0 heterocycles. The normalized spacial score (nSPS) is 15.7. The van der Waals surface area contributed by atoms with Crippen LogP contribution in [0.1, 0.15) is 73.1 Å². The summed E-state index contributed by atoms with van der Waals surface area (Å²) in [4.78, 5) is 36.0. The fourth-order valence-electron chi connectivity index (χ4n) is 3.96. The fourth-order valence-corrected chi connectivity index (χ4v) is 4.40. The van der Waals surface area contributed by atoms with Crippen LogP contribution in [0.15, 0.2) is 59.9 Å². The summed E-state index contributed by atoms with van der Waals surface area (Å²) < 4.78 is 5.81. The summed E-state index contributed by atoms with van der Waals surface area (Å²) in [6, 6.07) is 0. The van der Waals surface area contributed by atoms with Crippen LogP contribution < -0.4 is 10.6 Å². The average Bonchev–Trinajstić information content (AvgIpc) is 2.86. The second-order valence-corrected chi connectivity index (χ2v) is 11.6. The first kappa shape index (κ1) is 33.4. The van der Waals surface area contributed by atoms with Crippen LogP contribution in [0.3, 0.4) is 0 Å². The maximum Gasteiger partial charge on any atom is 0.344 e. The lowest BCUT2D eigenvalue weighted by molar-refractivity contribution is -0.149. The fraction of sp³-hybridized carbons (Fsp3) is 0.567. The van der Waals surface area contributed by atoms with Gasteiger partial charge < -0.3 is 20.5 Å². The van der Waals surface area contributed by atoms with Crippen molar-refractivity contribution >= 4 is 27.0 Å². The first-order valence-corrected chi connectivity index (χ1v) is 14.1. The van der Waals surface area contributed by atoms with Crippen molar-refractivity contribution in [2.75, 3.05) is 13.1 Å². The van der Waals surface area contributed by atoms with Crippen molar-refractivity contribution in [1.29, 1.82) is 0 Å². The quantitative estimate of drug-likeness (QED) is 0.0972. The van der Waals surface area contributed by atoms with E-state index < -0.39 is 17.5 Å². The lowest BCUT2D eigenvalue weighted by atomic mass is 9.90. The number of rotatable bonds is 17. The van der Waals surface area contributed by atoms with Gasteiger partial charge in [-0.25, -0.2) is 4.79 Å². The van der Waals surface area contributed by atoms with E-state index in [2.05, 4.69) is 44.7 Å². The molecular weight excluding hydrogens is 499 g/mol. The zero-order chi connectivity index (χ0) is 28.7. The van der Waals surface area contributed by atoms with Gasteiger partial charge in [-0.3, -0.25) is 9.59 Å². The summed E-state index contributed by atoms with van der Waals surface area (Å²) in [5, 5.41) is 14.9. The Hall–Kier alpha value is -2.66. The summed E-state index contributed by atoms with van der Waals surface area (Å²) in [5.41, 5.74) is 2.16. The number of carboxylic acids is 1. The molecule has 7 nitrogen and oxygen atoms in total. The van der Waals surface area contributed by atoms with Gasteiger partial charge >= 0.3 is 5.97 Å². The van der Waals surface area contributed by atoms with Crippen LogP contribution in [0.25, 0.3) is 0 Å². The van der Waals surface area contributed by atoms with Crippen molar-refractivity contribution in [3.63, 3.8) is 0 Å². The van der Waals surface area contributed by atoms with Gasteiger partial charge in [-0.05, 0) is 69.2 Å². The third-order valence-corrected chi connectivity index (χ3v) is 6.97. The monoisotopic (exact) mass is 546 g/mol. The van der Waals surface area contributed by atoms with Crippen LogP contribution in [0.5, 0.6) is 0 Å². The molecule has 0 bridgehead atoms. The van der Waals surface area contributed by atoms with Crippen molar-refractivity contribution in [2.24, 2.45) is 11.3 Å². The lowest BCUT2D eigenvalue weighted by Crippen LogP contribution is -2.42. The highest BCUT2D eigenvalue weighted by Gasteiger charge is 2.30. The van der Waals surface area contributed by atoms with Gasteiger partial charge in [-0.2, -0.15) is 0 Å². The molecule has 0 aliphatic heterocycles. The maximum atomic E-state index is 12.3. The molecule has 0 radical (unpaired) electrons. The smallest absolute Gasteiger partial charge is 0.344 e. The molecule has 0 aromatic carbocycles. The number of ether oxygens (including phenoxy) is 1. The first-order chi connectivity index (χ1) is 17.9. The van der Waals surface area contributed by atoms with Gasteiger partial charge in [0.05, 0.1) is 6.54 Å². The molecule has 0 aromatic heterocycles. The lowest BCUT2D eigenvalue weighted by Gasteiger charge is -2.30. The predicted octanol–water partition coefficient (Wildman–Crippen LogP) is 5.47. The largest absolute Gasteiger partial charge is 0.483 e. The van der Waals surface area contributed by atoms with Gasteiger partial charge in [-0.1, -0.05) is 69.7 Å². The Morgan fingerprint density at radius 2 is 1.95 bits per heavy atom. The highest BCUT2D eigenvalue weighted by Crippen LogP contribution is 2.29. The highest BCUT2D eigenvalue weighted by atomic mass is 31.0. The number of amides is 2. The molecular formula is C30H47N2O5P. The third-order valence-electron chi connectivity index (χ3n) is 6.26.